The van der Waals surface area contributed by atoms with Gasteiger partial charge in [0.05, 0.1) is 11.4 Å². The fourth-order valence-electron chi connectivity index (χ4n) is 1.91. The number of hydrogen-bond donors (Lipinski definition) is 1. The topological polar surface area (TPSA) is 55.1 Å². The molecule has 0 amide bonds. The lowest BCUT2D eigenvalue weighted by Crippen LogP contribution is -2.10. The van der Waals surface area contributed by atoms with Crippen LogP contribution < -0.4 is 0 Å². The van der Waals surface area contributed by atoms with Crippen LogP contribution in [0.2, 0.25) is 0 Å². The molecule has 0 fully saturated rings. The van der Waals surface area contributed by atoms with Crippen LogP contribution in [0.15, 0.2) is 11.4 Å². The average Bonchev–Trinajstić information content (AvgIpc) is 2.67. The molecule has 1 rings (SSSR count). The van der Waals surface area contributed by atoms with Gasteiger partial charge in [-0.2, -0.15) is 0 Å². The van der Waals surface area contributed by atoms with Gasteiger partial charge in [-0.1, -0.05) is 32.0 Å². The first kappa shape index (κ1) is 15.1. The molecule has 0 aliphatic heterocycles. The molecule has 0 aromatic carbocycles. The van der Waals surface area contributed by atoms with Gasteiger partial charge in [0.2, 0.25) is 0 Å². The lowest BCUT2D eigenvalue weighted by atomic mass is 10.0. The summed E-state index contributed by atoms with van der Waals surface area (Å²) in [6, 6.07) is 0.359. The predicted molar refractivity (Wildman–Crippen MR) is 74.1 cm³/mol. The van der Waals surface area contributed by atoms with E-state index >= 15 is 0 Å². The molecule has 1 heterocycles. The maximum Gasteiger partial charge on any atom is 0.313 e. The van der Waals surface area contributed by atoms with Gasteiger partial charge in [-0.25, -0.2) is 4.98 Å². The Labute approximate surface area is 113 Å². The van der Waals surface area contributed by atoms with Crippen LogP contribution in [-0.4, -0.2) is 26.4 Å². The van der Waals surface area contributed by atoms with Crippen LogP contribution in [0.1, 0.15) is 45.3 Å². The normalized spacial score (nSPS) is 14.4. The number of hydrogen-bond acceptors (Lipinski definition) is 3. The van der Waals surface area contributed by atoms with E-state index in [1.54, 1.807) is 0 Å². The van der Waals surface area contributed by atoms with E-state index in [-0.39, 0.29) is 5.75 Å². The molecule has 1 N–H and O–H groups in total. The highest BCUT2D eigenvalue weighted by Gasteiger charge is 2.15. The third kappa shape index (κ3) is 4.37. The molecule has 0 aliphatic carbocycles. The summed E-state index contributed by atoms with van der Waals surface area (Å²) < 4.78 is 2.11. The van der Waals surface area contributed by atoms with Crippen LogP contribution in [0, 0.1) is 12.8 Å². The number of nitrogens with zero attached hydrogens (tertiary/aromatic N) is 2. The highest BCUT2D eigenvalue weighted by atomic mass is 32.2. The summed E-state index contributed by atoms with van der Waals surface area (Å²) in [7, 11) is 0. The molecule has 0 aliphatic rings. The molecular formula is C13H22N2O2S. The monoisotopic (exact) mass is 270 g/mol. The van der Waals surface area contributed by atoms with Gasteiger partial charge in [-0.3, -0.25) is 4.79 Å². The number of carboxylic acids is 1. The largest absolute Gasteiger partial charge is 0.481 e. The molecule has 0 saturated carbocycles. The number of carboxylic acid groups (broad SMARTS) is 1. The minimum atomic E-state index is -0.804. The summed E-state index contributed by atoms with van der Waals surface area (Å²) >= 11 is 1.29. The Kier molecular flexibility index (Phi) is 5.72. The van der Waals surface area contributed by atoms with Gasteiger partial charge < -0.3 is 9.67 Å². The lowest BCUT2D eigenvalue weighted by molar-refractivity contribution is -0.133. The lowest BCUT2D eigenvalue weighted by Gasteiger charge is -2.19. The fraction of sp³-hybridized carbons (Fsp3) is 0.692. The second-order valence-corrected chi connectivity index (χ2v) is 5.80. The smallest absolute Gasteiger partial charge is 0.313 e. The summed E-state index contributed by atoms with van der Waals surface area (Å²) in [5, 5.41) is 9.55. The molecule has 0 saturated heterocycles. The Balaban J connectivity index is 2.76. The van der Waals surface area contributed by atoms with Crippen molar-refractivity contribution in [3.63, 3.8) is 0 Å². The molecule has 4 nitrogen and oxygen atoms in total. The van der Waals surface area contributed by atoms with Crippen molar-refractivity contribution in [3.05, 3.63) is 11.9 Å². The van der Waals surface area contributed by atoms with Crippen LogP contribution in [0.5, 0.6) is 0 Å². The summed E-state index contributed by atoms with van der Waals surface area (Å²) in [4.78, 5) is 15.0. The molecule has 18 heavy (non-hydrogen) atoms. The second kappa shape index (κ2) is 6.83. The number of aryl methyl sites for hydroxylation is 1. The van der Waals surface area contributed by atoms with Crippen molar-refractivity contribution in [2.75, 3.05) is 5.75 Å². The van der Waals surface area contributed by atoms with E-state index in [4.69, 9.17) is 5.11 Å². The standard InChI is InChI=1S/C13H22N2O2S/c1-5-9(2)6-11(4)15-7-10(3)14-13(15)18-8-12(16)17/h7,9,11H,5-6,8H2,1-4H3,(H,16,17). The van der Waals surface area contributed by atoms with Gasteiger partial charge in [0.1, 0.15) is 0 Å². The SMILES string of the molecule is CCC(C)CC(C)n1cc(C)nc1SCC(=O)O. The van der Waals surface area contributed by atoms with E-state index in [2.05, 4.69) is 30.3 Å². The number of aliphatic carboxylic acids is 1. The number of thioether (sulfide) groups is 1. The first-order chi connectivity index (χ1) is 8.43. The minimum Gasteiger partial charge on any atom is -0.481 e. The maximum absolute atomic E-state index is 10.6. The van der Waals surface area contributed by atoms with Gasteiger partial charge in [0.25, 0.3) is 0 Å². The summed E-state index contributed by atoms with van der Waals surface area (Å²) in [6.07, 6.45) is 4.26. The van der Waals surface area contributed by atoms with Gasteiger partial charge >= 0.3 is 5.97 Å². The Morgan fingerprint density at radius 3 is 2.78 bits per heavy atom. The molecule has 1 aromatic heterocycles. The number of carbonyl (C=O) groups is 1. The van der Waals surface area contributed by atoms with Crippen molar-refractivity contribution in [1.29, 1.82) is 0 Å². The maximum atomic E-state index is 10.6. The number of aromatic nitrogens is 2. The van der Waals surface area contributed by atoms with Crippen LogP contribution in [0.25, 0.3) is 0 Å². The van der Waals surface area contributed by atoms with E-state index in [1.165, 1.54) is 11.8 Å². The third-order valence-corrected chi connectivity index (χ3v) is 4.01. The van der Waals surface area contributed by atoms with Crippen molar-refractivity contribution >= 4 is 17.7 Å². The molecule has 2 unspecified atom stereocenters. The van der Waals surface area contributed by atoms with Crippen LogP contribution in [-0.2, 0) is 4.79 Å². The van der Waals surface area contributed by atoms with Gasteiger partial charge in [0, 0.05) is 12.2 Å². The van der Waals surface area contributed by atoms with E-state index in [0.717, 1.165) is 23.7 Å². The summed E-state index contributed by atoms with van der Waals surface area (Å²) in [5.74, 6) is -0.0752. The predicted octanol–water partition coefficient (Wildman–Crippen LogP) is 3.37. The Bertz CT molecular complexity index is 404. The molecule has 5 heteroatoms. The molecule has 0 spiro atoms. The zero-order valence-electron chi connectivity index (χ0n) is 11.5. The van der Waals surface area contributed by atoms with Crippen LogP contribution in [0.3, 0.4) is 0 Å². The number of rotatable bonds is 7. The van der Waals surface area contributed by atoms with Crippen molar-refractivity contribution in [2.45, 2.75) is 51.7 Å². The first-order valence-corrected chi connectivity index (χ1v) is 7.32. The molecular weight excluding hydrogens is 248 g/mol. The zero-order chi connectivity index (χ0) is 13.7. The molecule has 1 aromatic rings. The van der Waals surface area contributed by atoms with Crippen LogP contribution >= 0.6 is 11.8 Å². The molecule has 2 atom stereocenters. The summed E-state index contributed by atoms with van der Waals surface area (Å²) in [6.45, 7) is 8.54. The van der Waals surface area contributed by atoms with E-state index in [9.17, 15) is 4.79 Å². The average molecular weight is 270 g/mol. The van der Waals surface area contributed by atoms with Gasteiger partial charge in [-0.05, 0) is 26.2 Å². The molecule has 0 bridgehead atoms. The fourth-order valence-corrected chi connectivity index (χ4v) is 2.75. The Hall–Kier alpha value is -0.970. The zero-order valence-corrected chi connectivity index (χ0v) is 12.3. The van der Waals surface area contributed by atoms with Crippen LogP contribution in [0.4, 0.5) is 0 Å². The molecule has 0 radical (unpaired) electrons. The van der Waals surface area contributed by atoms with Crippen molar-refractivity contribution < 1.29 is 9.90 Å². The quantitative estimate of drug-likeness (QED) is 0.772. The summed E-state index contributed by atoms with van der Waals surface area (Å²) in [5.41, 5.74) is 0.943. The van der Waals surface area contributed by atoms with E-state index < -0.39 is 5.97 Å². The minimum absolute atomic E-state index is 0.0620. The highest BCUT2D eigenvalue weighted by Crippen LogP contribution is 2.26. The van der Waals surface area contributed by atoms with E-state index in [0.29, 0.717) is 12.0 Å². The number of imidazole rings is 1. The third-order valence-electron chi connectivity index (χ3n) is 3.06. The molecule has 102 valence electrons. The highest BCUT2D eigenvalue weighted by molar-refractivity contribution is 7.99. The van der Waals surface area contributed by atoms with E-state index in [1.807, 2.05) is 13.1 Å². The van der Waals surface area contributed by atoms with Crippen molar-refractivity contribution in [3.8, 4) is 0 Å². The first-order valence-electron chi connectivity index (χ1n) is 6.34. The van der Waals surface area contributed by atoms with Crippen molar-refractivity contribution in [2.24, 2.45) is 5.92 Å². The van der Waals surface area contributed by atoms with Crippen molar-refractivity contribution in [1.82, 2.24) is 9.55 Å². The Morgan fingerprint density at radius 2 is 2.22 bits per heavy atom. The second-order valence-electron chi connectivity index (χ2n) is 4.85. The van der Waals surface area contributed by atoms with Gasteiger partial charge in [0.15, 0.2) is 5.16 Å². The van der Waals surface area contributed by atoms with Gasteiger partial charge in [-0.15, -0.1) is 0 Å². The Morgan fingerprint density at radius 1 is 1.56 bits per heavy atom.